The zero-order valence-corrected chi connectivity index (χ0v) is 13.0. The van der Waals surface area contributed by atoms with Gasteiger partial charge >= 0.3 is 0 Å². The molecule has 108 valence electrons. The highest BCUT2D eigenvalue weighted by Crippen LogP contribution is 2.15. The van der Waals surface area contributed by atoms with Crippen molar-refractivity contribution in [2.75, 3.05) is 33.3 Å². The van der Waals surface area contributed by atoms with Crippen LogP contribution < -0.4 is 5.32 Å². The number of morpholine rings is 1. The molecule has 2 rings (SSSR count). The Morgan fingerprint density at radius 3 is 3.11 bits per heavy atom. The average Bonchev–Trinajstić information content (AvgIpc) is 2.80. The van der Waals surface area contributed by atoms with Crippen LogP contribution in [0.2, 0.25) is 0 Å². The summed E-state index contributed by atoms with van der Waals surface area (Å²) >= 11 is 1.73. The maximum Gasteiger partial charge on any atom is 0.0897 e. The minimum atomic E-state index is 0.271. The third-order valence-electron chi connectivity index (χ3n) is 3.50. The van der Waals surface area contributed by atoms with Crippen LogP contribution in [0.3, 0.4) is 0 Å². The van der Waals surface area contributed by atoms with E-state index in [4.69, 9.17) is 4.74 Å². The lowest BCUT2D eigenvalue weighted by Gasteiger charge is -2.35. The molecular weight excluding hydrogens is 258 g/mol. The zero-order valence-electron chi connectivity index (χ0n) is 12.2. The summed E-state index contributed by atoms with van der Waals surface area (Å²) in [5.74, 6) is 0. The van der Waals surface area contributed by atoms with Crippen molar-refractivity contribution in [3.63, 3.8) is 0 Å². The Kier molecular flexibility index (Phi) is 5.76. The Morgan fingerprint density at radius 2 is 2.47 bits per heavy atom. The van der Waals surface area contributed by atoms with E-state index >= 15 is 0 Å². The van der Waals surface area contributed by atoms with E-state index in [0.717, 1.165) is 44.1 Å². The fraction of sp³-hybridized carbons (Fsp3) is 0.786. The molecule has 5 heteroatoms. The topological polar surface area (TPSA) is 37.4 Å². The van der Waals surface area contributed by atoms with Gasteiger partial charge in [0.25, 0.3) is 0 Å². The van der Waals surface area contributed by atoms with Crippen molar-refractivity contribution >= 4 is 11.3 Å². The molecule has 2 unspecified atom stereocenters. The molecule has 0 saturated carbocycles. The third-order valence-corrected chi connectivity index (χ3v) is 4.32. The van der Waals surface area contributed by atoms with Crippen LogP contribution in [-0.4, -0.2) is 55.3 Å². The van der Waals surface area contributed by atoms with Crippen LogP contribution in [0.5, 0.6) is 0 Å². The highest BCUT2D eigenvalue weighted by Gasteiger charge is 2.27. The lowest BCUT2D eigenvalue weighted by atomic mass is 10.0. The first-order chi connectivity index (χ1) is 9.19. The molecule has 1 aromatic rings. The molecule has 0 aliphatic carbocycles. The monoisotopic (exact) mass is 283 g/mol. The van der Waals surface area contributed by atoms with Gasteiger partial charge in [-0.1, -0.05) is 6.92 Å². The van der Waals surface area contributed by atoms with Crippen molar-refractivity contribution in [1.82, 2.24) is 15.2 Å². The molecule has 1 fully saturated rings. The lowest BCUT2D eigenvalue weighted by Crippen LogP contribution is -2.52. The van der Waals surface area contributed by atoms with Gasteiger partial charge in [0.1, 0.15) is 0 Å². The Balaban J connectivity index is 1.97. The number of aromatic nitrogens is 1. The smallest absolute Gasteiger partial charge is 0.0897 e. The van der Waals surface area contributed by atoms with Gasteiger partial charge in [-0.15, -0.1) is 11.3 Å². The maximum absolute atomic E-state index is 5.96. The fourth-order valence-electron chi connectivity index (χ4n) is 2.45. The predicted octanol–water partition coefficient (Wildman–Crippen LogP) is 1.69. The number of nitrogens with one attached hydrogen (secondary N) is 1. The largest absolute Gasteiger partial charge is 0.374 e. The molecule has 0 spiro atoms. The van der Waals surface area contributed by atoms with Crippen LogP contribution in [0.1, 0.15) is 24.0 Å². The Bertz CT molecular complexity index is 383. The minimum absolute atomic E-state index is 0.271. The van der Waals surface area contributed by atoms with Gasteiger partial charge < -0.3 is 15.0 Å². The summed E-state index contributed by atoms with van der Waals surface area (Å²) in [6.07, 6.45) is 2.38. The number of rotatable bonds is 6. The third kappa shape index (κ3) is 4.53. The molecule has 1 saturated heterocycles. The molecule has 0 aromatic carbocycles. The summed E-state index contributed by atoms with van der Waals surface area (Å²) in [5, 5.41) is 6.94. The summed E-state index contributed by atoms with van der Waals surface area (Å²) < 4.78 is 5.96. The molecule has 19 heavy (non-hydrogen) atoms. The summed E-state index contributed by atoms with van der Waals surface area (Å²) in [6.45, 7) is 8.18. The first-order valence-corrected chi connectivity index (χ1v) is 8.01. The summed E-state index contributed by atoms with van der Waals surface area (Å²) in [6, 6.07) is 0.365. The normalized spacial score (nSPS) is 22.6. The zero-order chi connectivity index (χ0) is 13.7. The highest BCUT2D eigenvalue weighted by molar-refractivity contribution is 7.09. The van der Waals surface area contributed by atoms with Crippen molar-refractivity contribution in [2.45, 2.75) is 38.8 Å². The van der Waals surface area contributed by atoms with Crippen LogP contribution in [-0.2, 0) is 11.2 Å². The Labute approximate surface area is 120 Å². The van der Waals surface area contributed by atoms with E-state index in [-0.39, 0.29) is 6.10 Å². The number of likely N-dealkylation sites (N-methyl/N-ethyl adjacent to an activating group) is 1. The molecule has 4 nitrogen and oxygen atoms in total. The molecule has 1 aliphatic rings. The number of aryl methyl sites for hydroxylation is 1. The second kappa shape index (κ2) is 7.33. The van der Waals surface area contributed by atoms with Crippen molar-refractivity contribution < 1.29 is 4.74 Å². The Hall–Kier alpha value is -0.490. The van der Waals surface area contributed by atoms with E-state index in [1.807, 2.05) is 0 Å². The number of nitrogens with zero attached hydrogens (tertiary/aromatic N) is 2. The van der Waals surface area contributed by atoms with E-state index in [1.165, 1.54) is 5.69 Å². The highest BCUT2D eigenvalue weighted by atomic mass is 32.1. The van der Waals surface area contributed by atoms with Gasteiger partial charge in [0.2, 0.25) is 0 Å². The van der Waals surface area contributed by atoms with E-state index in [0.29, 0.717) is 6.04 Å². The summed E-state index contributed by atoms with van der Waals surface area (Å²) in [7, 11) is 2.17. The molecule has 2 heterocycles. The number of hydrogen-bond acceptors (Lipinski definition) is 5. The summed E-state index contributed by atoms with van der Waals surface area (Å²) in [4.78, 5) is 6.93. The molecule has 1 aromatic heterocycles. The van der Waals surface area contributed by atoms with E-state index in [9.17, 15) is 0 Å². The van der Waals surface area contributed by atoms with Crippen LogP contribution in [0, 0.1) is 6.92 Å². The number of thiazole rings is 1. The number of ether oxygens (including phenoxy) is 1. The van der Waals surface area contributed by atoms with Crippen molar-refractivity contribution in [3.05, 3.63) is 16.1 Å². The Morgan fingerprint density at radius 1 is 1.63 bits per heavy atom. The second-order valence-electron chi connectivity index (χ2n) is 5.29. The molecule has 0 radical (unpaired) electrons. The first-order valence-electron chi connectivity index (χ1n) is 7.13. The van der Waals surface area contributed by atoms with Crippen molar-refractivity contribution in [1.29, 1.82) is 0 Å². The van der Waals surface area contributed by atoms with E-state index < -0.39 is 0 Å². The second-order valence-corrected chi connectivity index (χ2v) is 6.36. The summed E-state index contributed by atoms with van der Waals surface area (Å²) in [5.41, 5.74) is 1.19. The van der Waals surface area contributed by atoms with Gasteiger partial charge in [-0.25, -0.2) is 4.98 Å². The van der Waals surface area contributed by atoms with Gasteiger partial charge in [-0.05, 0) is 26.9 Å². The lowest BCUT2D eigenvalue weighted by molar-refractivity contribution is -0.0385. The molecule has 2 atom stereocenters. The standard InChI is InChI=1S/C14H25N3OS/c1-4-5-15-13(8-12-10-19-11(2)16-12)14-9-17(3)6-7-18-14/h10,13-15H,4-9H2,1-3H3. The molecule has 0 amide bonds. The van der Waals surface area contributed by atoms with Gasteiger partial charge in [0, 0.05) is 30.9 Å². The van der Waals surface area contributed by atoms with Gasteiger partial charge in [0.15, 0.2) is 0 Å². The minimum Gasteiger partial charge on any atom is -0.374 e. The van der Waals surface area contributed by atoms with Crippen LogP contribution in [0.15, 0.2) is 5.38 Å². The average molecular weight is 283 g/mol. The van der Waals surface area contributed by atoms with Gasteiger partial charge in [-0.3, -0.25) is 0 Å². The van der Waals surface area contributed by atoms with Crippen LogP contribution in [0.25, 0.3) is 0 Å². The maximum atomic E-state index is 5.96. The predicted molar refractivity (Wildman–Crippen MR) is 79.9 cm³/mol. The van der Waals surface area contributed by atoms with Crippen LogP contribution >= 0.6 is 11.3 Å². The van der Waals surface area contributed by atoms with E-state index in [2.05, 4.69) is 41.5 Å². The van der Waals surface area contributed by atoms with Crippen LogP contribution in [0.4, 0.5) is 0 Å². The molecule has 1 N–H and O–H groups in total. The van der Waals surface area contributed by atoms with Gasteiger partial charge in [0.05, 0.1) is 23.4 Å². The molecular formula is C14H25N3OS. The molecule has 0 bridgehead atoms. The van der Waals surface area contributed by atoms with E-state index in [1.54, 1.807) is 11.3 Å². The fourth-order valence-corrected chi connectivity index (χ4v) is 3.07. The first kappa shape index (κ1) is 14.9. The van der Waals surface area contributed by atoms with Crippen molar-refractivity contribution in [2.24, 2.45) is 0 Å². The molecule has 1 aliphatic heterocycles. The number of hydrogen-bond donors (Lipinski definition) is 1. The van der Waals surface area contributed by atoms with Crippen molar-refractivity contribution in [3.8, 4) is 0 Å². The SMILES string of the molecule is CCCNC(Cc1csc(C)n1)C1CN(C)CCO1. The quantitative estimate of drug-likeness (QED) is 0.862. The van der Waals surface area contributed by atoms with Gasteiger partial charge in [-0.2, -0.15) is 0 Å².